The maximum Gasteiger partial charge on any atom is 0.407 e. The van der Waals surface area contributed by atoms with Crippen molar-refractivity contribution in [1.29, 1.82) is 0 Å². The fraction of sp³-hybridized carbons (Fsp3) is 0.400. The monoisotopic (exact) mass is 811 g/mol. The quantitative estimate of drug-likeness (QED) is 0.122. The van der Waals surface area contributed by atoms with Crippen LogP contribution in [0.2, 0.25) is 0 Å². The normalized spacial score (nSPS) is 17.7. The van der Waals surface area contributed by atoms with E-state index in [1.54, 1.807) is 11.1 Å². The van der Waals surface area contributed by atoms with Gasteiger partial charge in [-0.15, -0.1) is 0 Å². The van der Waals surface area contributed by atoms with Crippen LogP contribution in [-0.4, -0.2) is 98.1 Å². The van der Waals surface area contributed by atoms with Gasteiger partial charge in [0.05, 0.1) is 48.4 Å². The zero-order chi connectivity index (χ0) is 42.2. The lowest BCUT2D eigenvalue weighted by Crippen LogP contribution is -2.51. The Morgan fingerprint density at radius 2 is 1.20 bits per heavy atom. The molecule has 3 aromatic carbocycles. The molecule has 2 saturated heterocycles. The third-order valence-electron chi connectivity index (χ3n) is 11.6. The highest BCUT2D eigenvalue weighted by molar-refractivity contribution is 6.05. The first-order valence-electron chi connectivity index (χ1n) is 20.5. The number of benzene rings is 3. The van der Waals surface area contributed by atoms with Gasteiger partial charge in [-0.05, 0) is 73.2 Å². The molecule has 4 amide bonds. The Bertz CT molecular complexity index is 2530. The summed E-state index contributed by atoms with van der Waals surface area (Å²) < 4.78 is 9.55. The van der Waals surface area contributed by atoms with Crippen LogP contribution in [-0.2, 0) is 19.1 Å². The number of pyridine rings is 1. The minimum absolute atomic E-state index is 0.118. The van der Waals surface area contributed by atoms with E-state index in [9.17, 15) is 19.2 Å². The van der Waals surface area contributed by atoms with Crippen molar-refractivity contribution in [3.05, 3.63) is 77.5 Å². The number of ether oxygens (including phenoxy) is 2. The van der Waals surface area contributed by atoms with Gasteiger partial charge in [0.15, 0.2) is 0 Å². The molecule has 2 unspecified atom stereocenters. The molecule has 3 aromatic heterocycles. The van der Waals surface area contributed by atoms with Crippen molar-refractivity contribution in [2.24, 2.45) is 11.8 Å². The van der Waals surface area contributed by atoms with Gasteiger partial charge in [-0.1, -0.05) is 57.7 Å². The van der Waals surface area contributed by atoms with Crippen LogP contribution in [0.4, 0.5) is 9.59 Å². The van der Waals surface area contributed by atoms with Crippen LogP contribution in [0.15, 0.2) is 54.7 Å². The van der Waals surface area contributed by atoms with E-state index in [-0.39, 0.29) is 35.7 Å². The molecule has 2 aliphatic heterocycles. The third kappa shape index (κ3) is 7.65. The number of carbonyl (C=O) groups excluding carboxylic acids is 4. The van der Waals surface area contributed by atoms with Crippen LogP contribution in [0.1, 0.15) is 88.2 Å². The summed E-state index contributed by atoms with van der Waals surface area (Å²) in [7, 11) is 2.57. The van der Waals surface area contributed by atoms with E-state index >= 15 is 0 Å². The van der Waals surface area contributed by atoms with Gasteiger partial charge in [0.1, 0.15) is 29.2 Å². The molecule has 5 heterocycles. The number of imidazole rings is 2. The van der Waals surface area contributed by atoms with E-state index in [0.29, 0.717) is 18.9 Å². The van der Waals surface area contributed by atoms with Crippen molar-refractivity contribution in [2.45, 2.75) is 77.5 Å². The first-order valence-corrected chi connectivity index (χ1v) is 20.5. The summed E-state index contributed by atoms with van der Waals surface area (Å²) in [5.41, 5.74) is 5.58. The summed E-state index contributed by atoms with van der Waals surface area (Å²) in [5.74, 6) is 7.45. The predicted octanol–water partition coefficient (Wildman–Crippen LogP) is 6.63. The van der Waals surface area contributed by atoms with E-state index in [4.69, 9.17) is 24.4 Å². The molecule has 0 aliphatic carbocycles. The summed E-state index contributed by atoms with van der Waals surface area (Å²) in [5, 5.41) is 8.27. The lowest BCUT2D eigenvalue weighted by atomic mass is 10.0. The Hall–Kier alpha value is -6.69. The largest absolute Gasteiger partial charge is 0.453 e. The van der Waals surface area contributed by atoms with Crippen LogP contribution in [0, 0.1) is 23.7 Å². The molecule has 15 nitrogen and oxygen atoms in total. The molecule has 60 heavy (non-hydrogen) atoms. The lowest BCUT2D eigenvalue weighted by molar-refractivity contribution is -0.136. The minimum Gasteiger partial charge on any atom is -0.453 e. The van der Waals surface area contributed by atoms with Crippen molar-refractivity contribution in [3.8, 4) is 11.8 Å². The standard InChI is InChI=1S/C45H49N9O6/c1-24(2)35(51-44(57)59-5)42(55)53-19-7-9-33(53)40-47-31-17-14-28-21-26(13-16-30(28)38(31)49-40)11-12-27-22-29-15-18-32-39(37(29)46-23-27)50-41(48-32)34-10-8-20-54(34)43(56)36(25(3)4)52-45(58)60-6/h13-18,21-25,33-36H,7-10,19-20H2,1-6H3,(H,47,49)(H,48,50)(H,51,57)(H,52,58)/t33?,34?,35-,36-/m0/s1. The molecule has 4 atom stereocenters. The minimum atomic E-state index is -0.712. The average Bonchev–Trinajstić information content (AvgIpc) is 4.08. The molecule has 0 saturated carbocycles. The Kier molecular flexibility index (Phi) is 11.0. The van der Waals surface area contributed by atoms with E-state index < -0.39 is 24.3 Å². The summed E-state index contributed by atoms with van der Waals surface area (Å²) in [6, 6.07) is 14.2. The molecule has 2 fully saturated rings. The molecule has 2 aliphatic rings. The summed E-state index contributed by atoms with van der Waals surface area (Å²) in [6.45, 7) is 8.74. The van der Waals surface area contributed by atoms with Crippen LogP contribution in [0.5, 0.6) is 0 Å². The summed E-state index contributed by atoms with van der Waals surface area (Å²) >= 11 is 0. The number of amides is 4. The van der Waals surface area contributed by atoms with E-state index in [0.717, 1.165) is 86.4 Å². The number of likely N-dealkylation sites (tertiary alicyclic amines) is 2. The Morgan fingerprint density at radius 3 is 1.77 bits per heavy atom. The van der Waals surface area contributed by atoms with E-state index in [2.05, 4.69) is 32.4 Å². The van der Waals surface area contributed by atoms with Gasteiger partial charge in [-0.3, -0.25) is 14.6 Å². The van der Waals surface area contributed by atoms with Gasteiger partial charge in [0.25, 0.3) is 0 Å². The number of methoxy groups -OCH3 is 2. The van der Waals surface area contributed by atoms with Gasteiger partial charge in [-0.2, -0.15) is 0 Å². The van der Waals surface area contributed by atoms with Crippen LogP contribution in [0.3, 0.4) is 0 Å². The zero-order valence-corrected chi connectivity index (χ0v) is 34.6. The highest BCUT2D eigenvalue weighted by Crippen LogP contribution is 2.36. The second-order valence-electron chi connectivity index (χ2n) is 16.2. The number of hydrogen-bond acceptors (Lipinski definition) is 9. The predicted molar refractivity (Wildman–Crippen MR) is 227 cm³/mol. The summed E-state index contributed by atoms with van der Waals surface area (Å²) in [6.07, 6.45) is 3.66. The molecule has 8 rings (SSSR count). The van der Waals surface area contributed by atoms with Crippen molar-refractivity contribution < 1.29 is 28.7 Å². The summed E-state index contributed by atoms with van der Waals surface area (Å²) in [4.78, 5) is 76.7. The highest BCUT2D eigenvalue weighted by Gasteiger charge is 2.39. The second kappa shape index (κ2) is 16.5. The van der Waals surface area contributed by atoms with E-state index in [1.807, 2.05) is 81.1 Å². The fourth-order valence-corrected chi connectivity index (χ4v) is 8.50. The molecule has 15 heteroatoms. The molecule has 4 N–H and O–H groups in total. The van der Waals surface area contributed by atoms with Crippen LogP contribution < -0.4 is 10.6 Å². The molecule has 0 bridgehead atoms. The highest BCUT2D eigenvalue weighted by atomic mass is 16.5. The fourth-order valence-electron chi connectivity index (χ4n) is 8.50. The first-order chi connectivity index (χ1) is 28.9. The number of aromatic nitrogens is 5. The Morgan fingerprint density at radius 1 is 0.683 bits per heavy atom. The number of nitrogens with zero attached hydrogens (tertiary/aromatic N) is 5. The molecule has 0 radical (unpaired) electrons. The number of rotatable bonds is 8. The SMILES string of the molecule is COC(=O)N[C@H](C(=O)N1CCCC1c1nc2c(ccc3cc(C#Cc4cnc5c(ccc6[nH]c(C7CCCN7C(=O)[C@@H](NC(=O)OC)C(C)C)nc65)c4)ccc32)[nH]1)C(C)C. The number of fused-ring (bicyclic) bond motifs is 6. The number of hydrogen-bond donors (Lipinski definition) is 4. The van der Waals surface area contributed by atoms with Gasteiger partial charge < -0.3 is 39.9 Å². The topological polar surface area (TPSA) is 188 Å². The second-order valence-corrected chi connectivity index (χ2v) is 16.2. The zero-order valence-electron chi connectivity index (χ0n) is 34.6. The van der Waals surface area contributed by atoms with Crippen LogP contribution in [0.25, 0.3) is 43.7 Å². The number of aromatic amines is 2. The van der Waals surface area contributed by atoms with Gasteiger partial charge in [0.2, 0.25) is 11.8 Å². The van der Waals surface area contributed by atoms with Crippen LogP contribution >= 0.6 is 0 Å². The Labute approximate surface area is 347 Å². The number of alkyl carbamates (subject to hydrolysis) is 2. The number of carbonyl (C=O) groups is 4. The van der Waals surface area contributed by atoms with Crippen molar-refractivity contribution in [1.82, 2.24) is 45.4 Å². The van der Waals surface area contributed by atoms with Gasteiger partial charge in [-0.25, -0.2) is 19.6 Å². The molecule has 0 spiro atoms. The first kappa shape index (κ1) is 40.1. The van der Waals surface area contributed by atoms with Gasteiger partial charge in [0, 0.05) is 41.2 Å². The molecular weight excluding hydrogens is 763 g/mol. The molecular formula is C45H49N9O6. The van der Waals surface area contributed by atoms with E-state index in [1.165, 1.54) is 14.2 Å². The lowest BCUT2D eigenvalue weighted by Gasteiger charge is -2.29. The van der Waals surface area contributed by atoms with Crippen molar-refractivity contribution in [2.75, 3.05) is 27.3 Å². The Balaban J connectivity index is 1.01. The van der Waals surface area contributed by atoms with Gasteiger partial charge >= 0.3 is 12.2 Å². The average molecular weight is 812 g/mol. The number of nitrogens with one attached hydrogen (secondary N) is 4. The molecule has 6 aromatic rings. The maximum atomic E-state index is 13.7. The third-order valence-corrected chi connectivity index (χ3v) is 11.6. The smallest absolute Gasteiger partial charge is 0.407 e. The molecule has 310 valence electrons. The van der Waals surface area contributed by atoms with Crippen molar-refractivity contribution >= 4 is 67.7 Å². The number of H-pyrrole nitrogens is 2. The maximum absolute atomic E-state index is 13.7. The van der Waals surface area contributed by atoms with Crippen molar-refractivity contribution in [3.63, 3.8) is 0 Å².